The molecule has 5 aromatic rings. The Kier molecular flexibility index (Phi) is 3.22. The maximum atomic E-state index is 5.97. The molecule has 3 aromatic carbocycles. The molecule has 0 bridgehead atoms. The van der Waals surface area contributed by atoms with Crippen molar-refractivity contribution in [3.8, 4) is 16.9 Å². The SMILES string of the molecule is Cc1ccccc1-n1c(-c2ccc3oc4ccccc4c3c2)cc[n+]1C. The van der Waals surface area contributed by atoms with Gasteiger partial charge in [0.25, 0.3) is 0 Å². The normalized spacial score (nSPS) is 11.5. The fourth-order valence-electron chi connectivity index (χ4n) is 3.69. The van der Waals surface area contributed by atoms with Crippen molar-refractivity contribution in [1.29, 1.82) is 0 Å². The summed E-state index contributed by atoms with van der Waals surface area (Å²) in [6.07, 6.45) is 2.10. The Morgan fingerprint density at radius 1 is 0.808 bits per heavy atom. The van der Waals surface area contributed by atoms with Crippen molar-refractivity contribution in [2.45, 2.75) is 6.92 Å². The standard InChI is InChI=1S/C23H19N2O/c1-16-7-3-5-9-20(16)25-21(13-14-24(25)2)17-11-12-23-19(15-17)18-8-4-6-10-22(18)26-23/h3-15H,1-2H3/q+1. The number of hydrogen-bond acceptors (Lipinski definition) is 1. The first-order valence-electron chi connectivity index (χ1n) is 8.78. The molecule has 0 saturated carbocycles. The summed E-state index contributed by atoms with van der Waals surface area (Å²) in [6, 6.07) is 25.3. The minimum absolute atomic E-state index is 0.924. The monoisotopic (exact) mass is 339 g/mol. The van der Waals surface area contributed by atoms with E-state index in [-0.39, 0.29) is 0 Å². The molecule has 0 N–H and O–H groups in total. The first-order valence-corrected chi connectivity index (χ1v) is 8.78. The number of furan rings is 1. The number of fused-ring (bicyclic) bond motifs is 3. The summed E-state index contributed by atoms with van der Waals surface area (Å²) in [7, 11) is 2.07. The summed E-state index contributed by atoms with van der Waals surface area (Å²) < 4.78 is 10.3. The van der Waals surface area contributed by atoms with Gasteiger partial charge < -0.3 is 4.42 Å². The van der Waals surface area contributed by atoms with E-state index in [1.165, 1.54) is 16.8 Å². The molecule has 0 fully saturated rings. The number of aryl methyl sites for hydroxylation is 2. The van der Waals surface area contributed by atoms with Crippen LogP contribution in [-0.2, 0) is 7.05 Å². The molecular weight excluding hydrogens is 320 g/mol. The lowest BCUT2D eigenvalue weighted by Crippen LogP contribution is -2.37. The van der Waals surface area contributed by atoms with Crippen LogP contribution in [0.4, 0.5) is 0 Å². The van der Waals surface area contributed by atoms with Gasteiger partial charge in [-0.25, -0.2) is 0 Å². The van der Waals surface area contributed by atoms with Crippen molar-refractivity contribution in [3.63, 3.8) is 0 Å². The zero-order valence-electron chi connectivity index (χ0n) is 14.8. The fourth-order valence-corrected chi connectivity index (χ4v) is 3.69. The molecule has 0 spiro atoms. The van der Waals surface area contributed by atoms with E-state index in [1.807, 2.05) is 12.1 Å². The molecule has 0 aliphatic carbocycles. The van der Waals surface area contributed by atoms with E-state index in [1.54, 1.807) is 0 Å². The van der Waals surface area contributed by atoms with Crippen LogP contribution in [0, 0.1) is 6.92 Å². The Labute approximate surface area is 151 Å². The molecule has 126 valence electrons. The minimum Gasteiger partial charge on any atom is -0.456 e. The van der Waals surface area contributed by atoms with E-state index in [4.69, 9.17) is 4.42 Å². The lowest BCUT2D eigenvalue weighted by molar-refractivity contribution is -0.743. The van der Waals surface area contributed by atoms with Gasteiger partial charge >= 0.3 is 0 Å². The average Bonchev–Trinajstić information content (AvgIpc) is 3.22. The van der Waals surface area contributed by atoms with Gasteiger partial charge in [-0.3, -0.25) is 0 Å². The quantitative estimate of drug-likeness (QED) is 0.406. The molecule has 0 atom stereocenters. The van der Waals surface area contributed by atoms with Crippen LogP contribution in [0.1, 0.15) is 5.56 Å². The van der Waals surface area contributed by atoms with E-state index in [0.29, 0.717) is 0 Å². The molecular formula is C23H19N2O+. The van der Waals surface area contributed by atoms with E-state index < -0.39 is 0 Å². The van der Waals surface area contributed by atoms with Crippen LogP contribution in [0.5, 0.6) is 0 Å². The fraction of sp³-hybridized carbons (Fsp3) is 0.0870. The van der Waals surface area contributed by atoms with Crippen molar-refractivity contribution < 1.29 is 9.10 Å². The van der Waals surface area contributed by atoms with Gasteiger partial charge in [0.1, 0.15) is 22.5 Å². The third kappa shape index (κ3) is 2.17. The van der Waals surface area contributed by atoms with Crippen molar-refractivity contribution >= 4 is 21.9 Å². The highest BCUT2D eigenvalue weighted by molar-refractivity contribution is 6.06. The van der Waals surface area contributed by atoms with Crippen LogP contribution < -0.4 is 4.68 Å². The average molecular weight is 339 g/mol. The Balaban J connectivity index is 1.77. The molecule has 0 aliphatic rings. The van der Waals surface area contributed by atoms with Crippen LogP contribution in [0.3, 0.4) is 0 Å². The number of aromatic nitrogens is 2. The summed E-state index contributed by atoms with van der Waals surface area (Å²) >= 11 is 0. The maximum absolute atomic E-state index is 5.97. The number of benzene rings is 3. The Hall–Kier alpha value is -3.33. The molecule has 0 unspecified atom stereocenters. The van der Waals surface area contributed by atoms with E-state index in [9.17, 15) is 0 Å². The maximum Gasteiger partial charge on any atom is 0.196 e. The molecule has 0 radical (unpaired) electrons. The summed E-state index contributed by atoms with van der Waals surface area (Å²) in [4.78, 5) is 0. The molecule has 3 nitrogen and oxygen atoms in total. The van der Waals surface area contributed by atoms with E-state index in [2.05, 4.69) is 90.2 Å². The predicted molar refractivity (Wildman–Crippen MR) is 104 cm³/mol. The third-order valence-corrected chi connectivity index (χ3v) is 5.01. The van der Waals surface area contributed by atoms with Crippen molar-refractivity contribution in [1.82, 2.24) is 4.68 Å². The molecule has 0 amide bonds. The van der Waals surface area contributed by atoms with Crippen LogP contribution >= 0.6 is 0 Å². The molecule has 2 aromatic heterocycles. The number of rotatable bonds is 2. The van der Waals surface area contributed by atoms with Gasteiger partial charge in [0, 0.05) is 22.4 Å². The number of hydrogen-bond donors (Lipinski definition) is 0. The van der Waals surface area contributed by atoms with Gasteiger partial charge in [-0.2, -0.15) is 0 Å². The molecule has 26 heavy (non-hydrogen) atoms. The summed E-state index contributed by atoms with van der Waals surface area (Å²) in [6.45, 7) is 2.14. The first kappa shape index (κ1) is 15.0. The number of nitrogens with zero attached hydrogens (tertiary/aromatic N) is 2. The minimum atomic E-state index is 0.924. The zero-order valence-corrected chi connectivity index (χ0v) is 14.8. The third-order valence-electron chi connectivity index (χ3n) is 5.01. The Bertz CT molecular complexity index is 1260. The lowest BCUT2D eigenvalue weighted by atomic mass is 10.1. The highest BCUT2D eigenvalue weighted by Gasteiger charge is 2.18. The molecule has 2 heterocycles. The van der Waals surface area contributed by atoms with E-state index >= 15 is 0 Å². The highest BCUT2D eigenvalue weighted by atomic mass is 16.3. The van der Waals surface area contributed by atoms with Crippen LogP contribution in [0.15, 0.2) is 83.4 Å². The van der Waals surface area contributed by atoms with E-state index in [0.717, 1.165) is 27.6 Å². The van der Waals surface area contributed by atoms with Crippen molar-refractivity contribution in [3.05, 3.63) is 84.6 Å². The topological polar surface area (TPSA) is 21.9 Å². The van der Waals surface area contributed by atoms with Gasteiger partial charge in [-0.05, 0) is 42.8 Å². The second-order valence-electron chi connectivity index (χ2n) is 6.68. The second kappa shape index (κ2) is 5.60. The molecule has 0 aliphatic heterocycles. The van der Waals surface area contributed by atoms with Crippen molar-refractivity contribution in [2.75, 3.05) is 0 Å². The van der Waals surface area contributed by atoms with Crippen LogP contribution in [0.2, 0.25) is 0 Å². The van der Waals surface area contributed by atoms with Crippen molar-refractivity contribution in [2.24, 2.45) is 7.05 Å². The number of para-hydroxylation sites is 2. The van der Waals surface area contributed by atoms with Gasteiger partial charge in [0.15, 0.2) is 13.2 Å². The van der Waals surface area contributed by atoms with Crippen LogP contribution in [-0.4, -0.2) is 4.68 Å². The molecule has 3 heteroatoms. The van der Waals surface area contributed by atoms with Gasteiger partial charge in [-0.1, -0.05) is 36.4 Å². The van der Waals surface area contributed by atoms with Gasteiger partial charge in [-0.15, -0.1) is 9.36 Å². The lowest BCUT2D eigenvalue weighted by Gasteiger charge is -2.08. The highest BCUT2D eigenvalue weighted by Crippen LogP contribution is 2.32. The second-order valence-corrected chi connectivity index (χ2v) is 6.68. The molecule has 0 saturated heterocycles. The molecule has 5 rings (SSSR count). The Morgan fingerprint density at radius 2 is 1.58 bits per heavy atom. The smallest absolute Gasteiger partial charge is 0.196 e. The van der Waals surface area contributed by atoms with Crippen LogP contribution in [0.25, 0.3) is 38.9 Å². The zero-order chi connectivity index (χ0) is 17.7. The summed E-state index contributed by atoms with van der Waals surface area (Å²) in [5.74, 6) is 0. The first-order chi connectivity index (χ1) is 12.7. The largest absolute Gasteiger partial charge is 0.456 e. The van der Waals surface area contributed by atoms with Gasteiger partial charge in [0.05, 0.1) is 0 Å². The Morgan fingerprint density at radius 3 is 2.46 bits per heavy atom. The summed E-state index contributed by atoms with van der Waals surface area (Å²) in [5.41, 5.74) is 6.62. The van der Waals surface area contributed by atoms with Gasteiger partial charge in [0.2, 0.25) is 0 Å². The summed E-state index contributed by atoms with van der Waals surface area (Å²) in [5, 5.41) is 2.31. The predicted octanol–water partition coefficient (Wildman–Crippen LogP) is 5.18.